The molecular formula is C22H25BN3O9P. The molecule has 0 spiro atoms. The first-order chi connectivity index (χ1) is 17.0. The molecule has 0 radical (unpaired) electrons. The molecule has 2 amide bonds. The van der Waals surface area contributed by atoms with Gasteiger partial charge in [-0.2, -0.15) is 0 Å². The predicted molar refractivity (Wildman–Crippen MR) is 128 cm³/mol. The second-order valence-corrected chi connectivity index (χ2v) is 10.3. The number of aromatic carboxylic acids is 1. The Balaban J connectivity index is 1.56. The van der Waals surface area contributed by atoms with E-state index in [0.717, 1.165) is 6.42 Å². The first-order valence-corrected chi connectivity index (χ1v) is 12.9. The number of hydrogen-bond acceptors (Lipinski definition) is 7. The van der Waals surface area contributed by atoms with Gasteiger partial charge in [0.1, 0.15) is 11.8 Å². The van der Waals surface area contributed by atoms with Crippen LogP contribution >= 0.6 is 7.60 Å². The Morgan fingerprint density at radius 2 is 1.86 bits per heavy atom. The lowest BCUT2D eigenvalue weighted by molar-refractivity contribution is -0.130. The topological polar surface area (TPSA) is 195 Å². The molecule has 3 unspecified atom stereocenters. The first kappa shape index (κ1) is 25.9. The molecule has 2 aliphatic heterocycles. The van der Waals surface area contributed by atoms with Crippen molar-refractivity contribution in [3.8, 4) is 5.75 Å². The summed E-state index contributed by atoms with van der Waals surface area (Å²) in [5.74, 6) is -3.25. The summed E-state index contributed by atoms with van der Waals surface area (Å²) in [7, 11) is -6.05. The fraction of sp³-hybridized carbons (Fsp3) is 0.318. The van der Waals surface area contributed by atoms with Crippen LogP contribution in [0.2, 0.25) is 0 Å². The van der Waals surface area contributed by atoms with E-state index in [4.69, 9.17) is 4.65 Å². The molecule has 2 aromatic rings. The van der Waals surface area contributed by atoms with Crippen molar-refractivity contribution in [2.75, 3.05) is 6.54 Å². The van der Waals surface area contributed by atoms with Gasteiger partial charge < -0.3 is 40.5 Å². The van der Waals surface area contributed by atoms with Gasteiger partial charge in [0.2, 0.25) is 11.8 Å². The van der Waals surface area contributed by atoms with Crippen molar-refractivity contribution in [2.45, 2.75) is 37.3 Å². The van der Waals surface area contributed by atoms with E-state index in [0.29, 0.717) is 18.5 Å². The smallest absolute Gasteiger partial charge is 0.534 e. The van der Waals surface area contributed by atoms with Crippen LogP contribution in [-0.2, 0) is 20.6 Å². The minimum atomic E-state index is -4.51. The van der Waals surface area contributed by atoms with Crippen LogP contribution in [0.5, 0.6) is 5.75 Å². The minimum Gasteiger partial charge on any atom is -0.534 e. The number of nitrogens with one attached hydrogen (secondary N) is 3. The highest BCUT2D eigenvalue weighted by Gasteiger charge is 2.39. The second-order valence-electron chi connectivity index (χ2n) is 8.65. The summed E-state index contributed by atoms with van der Waals surface area (Å²) >= 11 is 0. The lowest BCUT2D eigenvalue weighted by Crippen LogP contribution is -2.56. The molecule has 2 aliphatic rings. The van der Waals surface area contributed by atoms with Gasteiger partial charge in [-0.05, 0) is 55.1 Å². The van der Waals surface area contributed by atoms with Gasteiger partial charge in [0, 0.05) is 0 Å². The van der Waals surface area contributed by atoms with E-state index in [1.165, 1.54) is 36.4 Å². The average molecular weight is 517 g/mol. The van der Waals surface area contributed by atoms with Crippen LogP contribution in [-0.4, -0.2) is 63.3 Å². The van der Waals surface area contributed by atoms with Gasteiger partial charge in [-0.1, -0.05) is 24.3 Å². The maximum absolute atomic E-state index is 13.3. The number of carboxylic acids is 1. The Hall–Kier alpha value is -3.22. The largest absolute Gasteiger partial charge is 0.547 e. The number of carboxylic acid groups (broad SMARTS) is 1. The third kappa shape index (κ3) is 5.61. The van der Waals surface area contributed by atoms with Crippen molar-refractivity contribution in [2.24, 2.45) is 0 Å². The highest BCUT2D eigenvalue weighted by atomic mass is 31.2. The zero-order chi connectivity index (χ0) is 26.0. The van der Waals surface area contributed by atoms with E-state index in [-0.39, 0.29) is 28.6 Å². The number of rotatable bonds is 7. The Morgan fingerprint density at radius 3 is 2.47 bits per heavy atom. The molecule has 0 aromatic heterocycles. The summed E-state index contributed by atoms with van der Waals surface area (Å²) in [6.07, 6.45) is 1.47. The van der Waals surface area contributed by atoms with E-state index in [1.807, 2.05) is 0 Å². The van der Waals surface area contributed by atoms with Gasteiger partial charge >= 0.3 is 20.7 Å². The Kier molecular flexibility index (Phi) is 7.48. The molecule has 36 heavy (non-hydrogen) atoms. The molecule has 0 aliphatic carbocycles. The minimum absolute atomic E-state index is 0.0215. The van der Waals surface area contributed by atoms with Crippen molar-refractivity contribution >= 4 is 37.8 Å². The van der Waals surface area contributed by atoms with Crippen molar-refractivity contribution in [3.05, 3.63) is 59.2 Å². The standard InChI is InChI=1S/C22H25BN3O9P/c27-20(16-5-2-10-24-16)26-18(12-6-8-14(9-7-12)36(32,33)34)21(28)25-17-11-13-3-1-4-15(22(29)30)19(13)35-23(17)31/h1,3-4,6-9,16-18,24,31H,2,5,10-11H2,(H,25,28)(H,26,27)(H,29,30)(H2,32,33,34). The van der Waals surface area contributed by atoms with Crippen molar-refractivity contribution in [1.82, 2.24) is 16.0 Å². The van der Waals surface area contributed by atoms with Gasteiger partial charge in [-0.3, -0.25) is 14.2 Å². The Labute approximate surface area is 206 Å². The maximum atomic E-state index is 13.3. The summed E-state index contributed by atoms with van der Waals surface area (Å²) in [5, 5.41) is 28.0. The normalized spacial score (nSPS) is 20.1. The Morgan fingerprint density at radius 1 is 1.14 bits per heavy atom. The monoisotopic (exact) mass is 517 g/mol. The molecule has 7 N–H and O–H groups in total. The van der Waals surface area contributed by atoms with Crippen LogP contribution in [0.1, 0.15) is 40.4 Å². The van der Waals surface area contributed by atoms with Crippen LogP contribution in [0.4, 0.5) is 0 Å². The molecule has 1 saturated heterocycles. The summed E-state index contributed by atoms with van der Waals surface area (Å²) < 4.78 is 16.9. The first-order valence-electron chi connectivity index (χ1n) is 11.2. The molecule has 4 rings (SSSR count). The van der Waals surface area contributed by atoms with Gasteiger partial charge in [0.05, 0.1) is 22.9 Å². The fourth-order valence-electron chi connectivity index (χ4n) is 4.29. The lowest BCUT2D eigenvalue weighted by Gasteiger charge is -2.30. The quantitative estimate of drug-likeness (QED) is 0.181. The highest BCUT2D eigenvalue weighted by Crippen LogP contribution is 2.33. The van der Waals surface area contributed by atoms with Crippen LogP contribution in [0.3, 0.4) is 0 Å². The SMILES string of the molecule is O=C(O)c1cccc2c1OB(O)C(NC(=O)C(NC(=O)C1CCCN1)c1ccc(P(=O)(O)O)cc1)C2. The van der Waals surface area contributed by atoms with E-state index in [1.54, 1.807) is 6.07 Å². The fourth-order valence-corrected chi connectivity index (χ4v) is 4.83. The highest BCUT2D eigenvalue weighted by molar-refractivity contribution is 7.60. The number of para-hydroxylation sites is 1. The maximum Gasteiger partial charge on any atom is 0.547 e. The van der Waals surface area contributed by atoms with Gasteiger partial charge in [0.15, 0.2) is 0 Å². The molecule has 2 heterocycles. The lowest BCUT2D eigenvalue weighted by atomic mass is 9.72. The van der Waals surface area contributed by atoms with Gasteiger partial charge in [-0.25, -0.2) is 4.79 Å². The average Bonchev–Trinajstić information content (AvgIpc) is 3.37. The molecule has 1 fully saturated rings. The summed E-state index contributed by atoms with van der Waals surface area (Å²) in [5.41, 5.74) is 0.638. The summed E-state index contributed by atoms with van der Waals surface area (Å²) in [6.45, 7) is 0.662. The Bertz CT molecular complexity index is 1210. The van der Waals surface area contributed by atoms with Crippen LogP contribution in [0.15, 0.2) is 42.5 Å². The number of carbonyl (C=O) groups excluding carboxylic acids is 2. The predicted octanol–water partition coefficient (Wildman–Crippen LogP) is -0.763. The van der Waals surface area contributed by atoms with Crippen LogP contribution < -0.4 is 25.9 Å². The third-order valence-corrected chi connectivity index (χ3v) is 7.14. The summed E-state index contributed by atoms with van der Waals surface area (Å²) in [4.78, 5) is 56.3. The second kappa shape index (κ2) is 10.4. The van der Waals surface area contributed by atoms with Crippen molar-refractivity contribution in [3.63, 3.8) is 0 Å². The zero-order valence-electron chi connectivity index (χ0n) is 19.0. The van der Waals surface area contributed by atoms with E-state index in [9.17, 15) is 38.9 Å². The molecule has 190 valence electrons. The number of benzene rings is 2. The van der Waals surface area contributed by atoms with Crippen LogP contribution in [0.25, 0.3) is 0 Å². The van der Waals surface area contributed by atoms with Gasteiger partial charge in [0.25, 0.3) is 0 Å². The number of carbonyl (C=O) groups is 3. The third-order valence-electron chi connectivity index (χ3n) is 6.17. The molecule has 0 saturated carbocycles. The molecule has 3 atom stereocenters. The van der Waals surface area contributed by atoms with E-state index < -0.39 is 50.5 Å². The molecule has 12 nitrogen and oxygen atoms in total. The van der Waals surface area contributed by atoms with Gasteiger partial charge in [-0.15, -0.1) is 0 Å². The number of amides is 2. The number of hydrogen-bond donors (Lipinski definition) is 7. The zero-order valence-corrected chi connectivity index (χ0v) is 19.9. The number of fused-ring (bicyclic) bond motifs is 1. The molecule has 2 aromatic carbocycles. The van der Waals surface area contributed by atoms with Crippen molar-refractivity contribution < 1.29 is 43.5 Å². The van der Waals surface area contributed by atoms with E-state index >= 15 is 0 Å². The van der Waals surface area contributed by atoms with E-state index in [2.05, 4.69) is 16.0 Å². The van der Waals surface area contributed by atoms with Crippen LogP contribution in [0, 0.1) is 0 Å². The molecule has 0 bridgehead atoms. The molecule has 14 heteroatoms. The van der Waals surface area contributed by atoms with Crippen molar-refractivity contribution in [1.29, 1.82) is 0 Å². The molecular weight excluding hydrogens is 492 g/mol. The summed E-state index contributed by atoms with van der Waals surface area (Å²) in [6, 6.07) is 7.81.